The molecule has 8 nitrogen and oxygen atoms in total. The average Bonchev–Trinajstić information content (AvgIpc) is 3.54. The van der Waals surface area contributed by atoms with Crippen molar-refractivity contribution in [3.8, 4) is 5.88 Å². The number of ether oxygens (including phenoxy) is 1. The minimum atomic E-state index is -0.767. The van der Waals surface area contributed by atoms with Gasteiger partial charge in [0, 0.05) is 38.7 Å². The van der Waals surface area contributed by atoms with Gasteiger partial charge in [0.2, 0.25) is 5.88 Å². The molecule has 0 radical (unpaired) electrons. The van der Waals surface area contributed by atoms with Gasteiger partial charge in [-0.2, -0.15) is 0 Å². The maximum absolute atomic E-state index is 12.7. The molecule has 1 aromatic heterocycles. The van der Waals surface area contributed by atoms with Gasteiger partial charge in [-0.15, -0.1) is 0 Å². The molecule has 3 N–H and O–H groups in total. The van der Waals surface area contributed by atoms with Crippen LogP contribution >= 0.6 is 0 Å². The largest absolute Gasteiger partial charge is 0.459 e. The number of hydrogen-bond donors (Lipinski definition) is 3. The number of aliphatic hydroxyl groups excluding tert-OH is 1. The standard InChI is InChI=1S/C23H26N4O4/c1-14(19(28)13-27-9-6-15-4-2-3-5-16(15)12-27)25-20(29)17-10-18-21(24-11-17)31-23(7-8-23)22(30)26-18/h2-5,10-11,14,19,28H,6-9,12-13H2,1H3,(H,25,29)(H,26,30)/t14-,19-/m1/s1. The summed E-state index contributed by atoms with van der Waals surface area (Å²) in [5, 5.41) is 16.3. The van der Waals surface area contributed by atoms with Gasteiger partial charge in [0.25, 0.3) is 11.8 Å². The highest BCUT2D eigenvalue weighted by atomic mass is 16.5. The van der Waals surface area contributed by atoms with E-state index < -0.39 is 17.7 Å². The number of fused-ring (bicyclic) bond motifs is 2. The van der Waals surface area contributed by atoms with Crippen LogP contribution in [0.4, 0.5) is 5.69 Å². The lowest BCUT2D eigenvalue weighted by Crippen LogP contribution is -2.47. The quantitative estimate of drug-likeness (QED) is 0.675. The summed E-state index contributed by atoms with van der Waals surface area (Å²) >= 11 is 0. The number of carbonyl (C=O) groups excluding carboxylic acids is 2. The first-order valence-electron chi connectivity index (χ1n) is 10.7. The van der Waals surface area contributed by atoms with Crippen molar-refractivity contribution in [2.24, 2.45) is 0 Å². The van der Waals surface area contributed by atoms with Crippen LogP contribution < -0.4 is 15.4 Å². The second-order valence-corrected chi connectivity index (χ2v) is 8.71. The Morgan fingerprint density at radius 2 is 2.13 bits per heavy atom. The average molecular weight is 422 g/mol. The Bertz CT molecular complexity index is 1040. The van der Waals surface area contributed by atoms with Crippen molar-refractivity contribution in [2.45, 2.75) is 50.5 Å². The molecule has 1 saturated carbocycles. The normalized spacial score (nSPS) is 20.6. The van der Waals surface area contributed by atoms with Crippen molar-refractivity contribution in [3.05, 3.63) is 53.2 Å². The van der Waals surface area contributed by atoms with Crippen LogP contribution in [0.3, 0.4) is 0 Å². The maximum atomic E-state index is 12.7. The van der Waals surface area contributed by atoms with Crippen molar-refractivity contribution >= 4 is 17.5 Å². The highest BCUT2D eigenvalue weighted by Gasteiger charge is 2.55. The van der Waals surface area contributed by atoms with Crippen LogP contribution in [0, 0.1) is 0 Å². The van der Waals surface area contributed by atoms with Gasteiger partial charge in [-0.25, -0.2) is 4.98 Å². The number of nitrogens with zero attached hydrogens (tertiary/aromatic N) is 2. The fourth-order valence-corrected chi connectivity index (χ4v) is 4.18. The van der Waals surface area contributed by atoms with Crippen molar-refractivity contribution in [1.29, 1.82) is 0 Å². The van der Waals surface area contributed by atoms with Crippen LogP contribution in [0.1, 0.15) is 41.3 Å². The summed E-state index contributed by atoms with van der Waals surface area (Å²) in [6, 6.07) is 9.48. The molecule has 1 spiro atoms. The molecular weight excluding hydrogens is 396 g/mol. The number of amides is 2. The third-order valence-electron chi connectivity index (χ3n) is 6.36. The molecule has 1 fully saturated rings. The third-order valence-corrected chi connectivity index (χ3v) is 6.36. The molecule has 8 heteroatoms. The van der Waals surface area contributed by atoms with E-state index in [1.54, 1.807) is 13.0 Å². The number of aromatic nitrogens is 1. The molecular formula is C23H26N4O4. The lowest BCUT2D eigenvalue weighted by Gasteiger charge is -2.32. The summed E-state index contributed by atoms with van der Waals surface area (Å²) in [5.41, 5.74) is 2.58. The van der Waals surface area contributed by atoms with Crippen LogP contribution in [0.5, 0.6) is 5.88 Å². The smallest absolute Gasteiger partial charge is 0.268 e. The number of aliphatic hydroxyl groups is 1. The predicted octanol–water partition coefficient (Wildman–Crippen LogP) is 1.48. The molecule has 3 heterocycles. The van der Waals surface area contributed by atoms with E-state index in [1.807, 2.05) is 6.07 Å². The summed E-state index contributed by atoms with van der Waals surface area (Å²) in [4.78, 5) is 31.3. The molecule has 0 saturated heterocycles. The number of hydrogen-bond acceptors (Lipinski definition) is 6. The molecule has 0 bridgehead atoms. The molecule has 1 aromatic carbocycles. The van der Waals surface area contributed by atoms with Gasteiger partial charge >= 0.3 is 0 Å². The van der Waals surface area contributed by atoms with Crippen molar-refractivity contribution < 1.29 is 19.4 Å². The molecule has 31 heavy (non-hydrogen) atoms. The molecule has 5 rings (SSSR count). The lowest BCUT2D eigenvalue weighted by atomic mass is 9.99. The molecule has 2 aliphatic heterocycles. The number of carbonyl (C=O) groups is 2. The zero-order chi connectivity index (χ0) is 21.6. The third kappa shape index (κ3) is 3.88. The van der Waals surface area contributed by atoms with E-state index in [0.29, 0.717) is 36.5 Å². The molecule has 2 amide bonds. The van der Waals surface area contributed by atoms with E-state index in [1.165, 1.54) is 17.3 Å². The summed E-state index contributed by atoms with van der Waals surface area (Å²) in [5.74, 6) is -0.204. The van der Waals surface area contributed by atoms with Crippen molar-refractivity contribution in [2.75, 3.05) is 18.4 Å². The summed E-state index contributed by atoms with van der Waals surface area (Å²) in [7, 11) is 0. The van der Waals surface area contributed by atoms with Gasteiger partial charge in [0.05, 0.1) is 17.7 Å². The fourth-order valence-electron chi connectivity index (χ4n) is 4.18. The SMILES string of the molecule is C[C@@H](NC(=O)c1cnc2c(c1)NC(=O)C1(CC1)O2)[C@H](O)CN1CCc2ccccc2C1. The van der Waals surface area contributed by atoms with E-state index in [2.05, 4.69) is 38.7 Å². The zero-order valence-electron chi connectivity index (χ0n) is 17.4. The molecule has 1 aliphatic carbocycles. The van der Waals surface area contributed by atoms with E-state index in [-0.39, 0.29) is 11.8 Å². The fraction of sp³-hybridized carbons (Fsp3) is 0.435. The van der Waals surface area contributed by atoms with Crippen molar-refractivity contribution in [3.63, 3.8) is 0 Å². The number of rotatable bonds is 5. The van der Waals surface area contributed by atoms with Gasteiger partial charge in [-0.1, -0.05) is 24.3 Å². The Morgan fingerprint density at radius 3 is 2.90 bits per heavy atom. The van der Waals surface area contributed by atoms with Crippen LogP contribution in [-0.2, 0) is 17.8 Å². The minimum Gasteiger partial charge on any atom is -0.459 e. The summed E-state index contributed by atoms with van der Waals surface area (Å²) in [6.45, 7) is 3.94. The highest BCUT2D eigenvalue weighted by Crippen LogP contribution is 2.45. The van der Waals surface area contributed by atoms with E-state index in [4.69, 9.17) is 4.74 Å². The summed E-state index contributed by atoms with van der Waals surface area (Å²) < 4.78 is 5.71. The Labute approximate surface area is 180 Å². The van der Waals surface area contributed by atoms with Gasteiger partial charge in [-0.3, -0.25) is 14.5 Å². The molecule has 2 aromatic rings. The Morgan fingerprint density at radius 1 is 1.35 bits per heavy atom. The van der Waals surface area contributed by atoms with E-state index in [0.717, 1.165) is 19.5 Å². The summed E-state index contributed by atoms with van der Waals surface area (Å²) in [6.07, 6.45) is 3.04. The Hall–Kier alpha value is -2.97. The van der Waals surface area contributed by atoms with Crippen LogP contribution in [-0.4, -0.2) is 57.6 Å². The molecule has 0 unspecified atom stereocenters. The van der Waals surface area contributed by atoms with Gasteiger partial charge < -0.3 is 20.5 Å². The number of β-amino-alcohol motifs (C(OH)–C–C–N with tert-alkyl or cyclic N) is 1. The Balaban J connectivity index is 1.19. The molecule has 3 aliphatic rings. The molecule has 162 valence electrons. The Kier molecular flexibility index (Phi) is 4.91. The van der Waals surface area contributed by atoms with Crippen LogP contribution in [0.15, 0.2) is 36.5 Å². The number of nitrogens with one attached hydrogen (secondary N) is 2. The first-order valence-corrected chi connectivity index (χ1v) is 10.7. The van der Waals surface area contributed by atoms with E-state index in [9.17, 15) is 14.7 Å². The predicted molar refractivity (Wildman–Crippen MR) is 114 cm³/mol. The van der Waals surface area contributed by atoms with Gasteiger partial charge in [0.15, 0.2) is 5.60 Å². The van der Waals surface area contributed by atoms with E-state index >= 15 is 0 Å². The van der Waals surface area contributed by atoms with Gasteiger partial charge in [0.1, 0.15) is 5.69 Å². The maximum Gasteiger partial charge on any atom is 0.268 e. The number of pyridine rings is 1. The monoisotopic (exact) mass is 422 g/mol. The highest BCUT2D eigenvalue weighted by molar-refractivity contribution is 6.03. The van der Waals surface area contributed by atoms with Crippen LogP contribution in [0.2, 0.25) is 0 Å². The number of benzene rings is 1. The first kappa shape index (κ1) is 20.0. The topological polar surface area (TPSA) is 104 Å². The van der Waals surface area contributed by atoms with Crippen LogP contribution in [0.25, 0.3) is 0 Å². The molecule has 2 atom stereocenters. The minimum absolute atomic E-state index is 0.189. The lowest BCUT2D eigenvalue weighted by molar-refractivity contribution is -0.125. The zero-order valence-corrected chi connectivity index (χ0v) is 17.4. The van der Waals surface area contributed by atoms with Gasteiger partial charge in [-0.05, 0) is 30.5 Å². The first-order chi connectivity index (χ1) is 14.9. The second-order valence-electron chi connectivity index (χ2n) is 8.71. The second kappa shape index (κ2) is 7.62. The number of anilines is 1. The van der Waals surface area contributed by atoms with Crippen molar-refractivity contribution in [1.82, 2.24) is 15.2 Å².